The highest BCUT2D eigenvalue weighted by Gasteiger charge is 2.19. The second kappa shape index (κ2) is 15.9. The summed E-state index contributed by atoms with van der Waals surface area (Å²) in [5.41, 5.74) is 0. The summed E-state index contributed by atoms with van der Waals surface area (Å²) in [4.78, 5) is 0.488. The van der Waals surface area contributed by atoms with Crippen molar-refractivity contribution in [1.82, 2.24) is 0 Å². The molecule has 7 rings (SSSR count). The summed E-state index contributed by atoms with van der Waals surface area (Å²) in [5.74, 6) is 4.04. The topological polar surface area (TPSA) is 105 Å². The van der Waals surface area contributed by atoms with E-state index in [1.165, 1.54) is 48.5 Å². The third-order valence-corrected chi connectivity index (χ3v) is 12.5. The van der Waals surface area contributed by atoms with Crippen LogP contribution in [0.25, 0.3) is 0 Å². The molecule has 0 saturated carbocycles. The van der Waals surface area contributed by atoms with E-state index in [9.17, 15) is 16.8 Å². The molecular formula is C42H28Br2O8S2. The van der Waals surface area contributed by atoms with Gasteiger partial charge in [-0.3, -0.25) is 0 Å². The van der Waals surface area contributed by atoms with Crippen molar-refractivity contribution in [2.24, 2.45) is 0 Å². The Kier molecular flexibility index (Phi) is 10.9. The fraction of sp³-hybridized carbons (Fsp3) is 0. The van der Waals surface area contributed by atoms with Gasteiger partial charge in [0.2, 0.25) is 19.7 Å². The molecule has 0 heterocycles. The molecule has 7 aromatic rings. The molecule has 0 aliphatic rings. The Bertz CT molecular complexity index is 2420. The van der Waals surface area contributed by atoms with Crippen molar-refractivity contribution in [2.75, 3.05) is 0 Å². The zero-order valence-corrected chi connectivity index (χ0v) is 32.8. The fourth-order valence-corrected chi connectivity index (χ4v) is 8.22. The highest BCUT2D eigenvalue weighted by Crippen LogP contribution is 2.33. The Morgan fingerprint density at radius 1 is 0.296 bits per heavy atom. The number of benzene rings is 7. The lowest BCUT2D eigenvalue weighted by Gasteiger charge is -2.11. The van der Waals surface area contributed by atoms with E-state index in [4.69, 9.17) is 18.9 Å². The molecule has 0 spiro atoms. The zero-order chi connectivity index (χ0) is 37.7. The molecule has 0 aromatic heterocycles. The van der Waals surface area contributed by atoms with Crippen molar-refractivity contribution in [3.05, 3.63) is 179 Å². The predicted molar refractivity (Wildman–Crippen MR) is 212 cm³/mol. The Hall–Kier alpha value is -5.40. The molecule has 8 nitrogen and oxygen atoms in total. The average Bonchev–Trinajstić information content (AvgIpc) is 3.18. The second-order valence-corrected chi connectivity index (χ2v) is 17.4. The van der Waals surface area contributed by atoms with E-state index < -0.39 is 19.7 Å². The lowest BCUT2D eigenvalue weighted by atomic mass is 10.3. The molecule has 54 heavy (non-hydrogen) atoms. The van der Waals surface area contributed by atoms with Gasteiger partial charge in [0.15, 0.2) is 0 Å². The van der Waals surface area contributed by atoms with Crippen molar-refractivity contribution in [3.63, 3.8) is 0 Å². The normalized spacial score (nSPS) is 11.4. The maximum Gasteiger partial charge on any atom is 0.206 e. The molecule has 0 saturated heterocycles. The number of sulfone groups is 2. The molecule has 0 fully saturated rings. The molecule has 7 aromatic carbocycles. The Balaban J connectivity index is 0.962. The first-order valence-corrected chi connectivity index (χ1v) is 20.8. The van der Waals surface area contributed by atoms with E-state index in [0.717, 1.165) is 8.95 Å². The van der Waals surface area contributed by atoms with Crippen LogP contribution in [0.4, 0.5) is 0 Å². The van der Waals surface area contributed by atoms with E-state index in [1.54, 1.807) is 72.8 Å². The number of rotatable bonds is 12. The summed E-state index contributed by atoms with van der Waals surface area (Å²) < 4.78 is 78.7. The van der Waals surface area contributed by atoms with E-state index in [2.05, 4.69) is 31.9 Å². The van der Waals surface area contributed by atoms with Crippen molar-refractivity contribution >= 4 is 51.5 Å². The minimum atomic E-state index is -3.79. The van der Waals surface area contributed by atoms with Gasteiger partial charge in [0.1, 0.15) is 46.0 Å². The van der Waals surface area contributed by atoms with Gasteiger partial charge in [0.05, 0.1) is 19.6 Å². The summed E-state index contributed by atoms with van der Waals surface area (Å²) in [6, 6.07) is 46.3. The average molecular weight is 885 g/mol. The van der Waals surface area contributed by atoms with Crippen LogP contribution < -0.4 is 18.9 Å². The van der Waals surface area contributed by atoms with Gasteiger partial charge in [-0.1, -0.05) is 37.9 Å². The van der Waals surface area contributed by atoms with Gasteiger partial charge in [-0.15, -0.1) is 0 Å². The lowest BCUT2D eigenvalue weighted by molar-refractivity contribution is 0.460. The van der Waals surface area contributed by atoms with Gasteiger partial charge in [-0.05, 0) is 158 Å². The van der Waals surface area contributed by atoms with Crippen LogP contribution >= 0.6 is 31.9 Å². The Morgan fingerprint density at radius 3 is 0.778 bits per heavy atom. The van der Waals surface area contributed by atoms with Crippen molar-refractivity contribution in [2.45, 2.75) is 19.6 Å². The number of hydrogen-bond acceptors (Lipinski definition) is 8. The summed E-state index contributed by atoms with van der Waals surface area (Å²) in [7, 11) is -7.58. The number of ether oxygens (including phenoxy) is 4. The minimum absolute atomic E-state index is 0.113. The third-order valence-electron chi connectivity index (χ3n) is 7.91. The maximum absolute atomic E-state index is 13.3. The molecular weight excluding hydrogens is 856 g/mol. The van der Waals surface area contributed by atoms with Crippen LogP contribution in [0.5, 0.6) is 46.0 Å². The van der Waals surface area contributed by atoms with Gasteiger partial charge < -0.3 is 18.9 Å². The van der Waals surface area contributed by atoms with Gasteiger partial charge >= 0.3 is 0 Å². The predicted octanol–water partition coefficient (Wildman–Crippen LogP) is 12.0. The van der Waals surface area contributed by atoms with Crippen molar-refractivity contribution in [1.29, 1.82) is 0 Å². The Labute approximate surface area is 329 Å². The van der Waals surface area contributed by atoms with Gasteiger partial charge in [-0.2, -0.15) is 0 Å². The summed E-state index contributed by atoms with van der Waals surface area (Å²) in [6.07, 6.45) is 0. The number of halogens is 2. The smallest absolute Gasteiger partial charge is 0.206 e. The van der Waals surface area contributed by atoms with Gasteiger partial charge in [0.25, 0.3) is 0 Å². The van der Waals surface area contributed by atoms with E-state index in [1.807, 2.05) is 48.5 Å². The first-order chi connectivity index (χ1) is 26.0. The molecule has 0 aliphatic carbocycles. The summed E-state index contributed by atoms with van der Waals surface area (Å²) >= 11 is 6.77. The fourth-order valence-electron chi connectivity index (χ4n) is 5.17. The van der Waals surface area contributed by atoms with E-state index >= 15 is 0 Å². The van der Waals surface area contributed by atoms with Crippen LogP contribution in [0, 0.1) is 0 Å². The first kappa shape index (κ1) is 36.9. The van der Waals surface area contributed by atoms with E-state index in [-0.39, 0.29) is 19.6 Å². The van der Waals surface area contributed by atoms with Crippen LogP contribution in [0.2, 0.25) is 0 Å². The van der Waals surface area contributed by atoms with Crippen LogP contribution in [0.1, 0.15) is 0 Å². The van der Waals surface area contributed by atoms with Crippen LogP contribution in [-0.4, -0.2) is 16.8 Å². The zero-order valence-electron chi connectivity index (χ0n) is 28.0. The van der Waals surface area contributed by atoms with Crippen molar-refractivity contribution < 1.29 is 35.8 Å². The molecule has 0 bridgehead atoms. The summed E-state index contributed by atoms with van der Waals surface area (Å²) in [6.45, 7) is 0. The molecule has 0 atom stereocenters. The molecule has 0 unspecified atom stereocenters. The largest absolute Gasteiger partial charge is 0.457 e. The monoisotopic (exact) mass is 882 g/mol. The standard InChI is InChI=1S/C42H28Br2O8S2/c43-29-4-8-31(9-5-29)49-33-12-20-39(21-13-33)53(45,46)41-24-16-35(17-25-41)51-37-2-1-3-38(28-37)52-36-18-26-42(27-19-36)54(47,48)40-22-14-34(15-23-40)50-32-10-6-30(44)7-11-32/h1-28H. The minimum Gasteiger partial charge on any atom is -0.457 e. The highest BCUT2D eigenvalue weighted by molar-refractivity contribution is 9.10. The van der Waals surface area contributed by atoms with Crippen molar-refractivity contribution in [3.8, 4) is 46.0 Å². The molecule has 0 aliphatic heterocycles. The molecule has 12 heteroatoms. The van der Waals surface area contributed by atoms with Gasteiger partial charge in [0, 0.05) is 15.0 Å². The molecule has 0 amide bonds. The first-order valence-electron chi connectivity index (χ1n) is 16.2. The Morgan fingerprint density at radius 2 is 0.519 bits per heavy atom. The molecule has 0 radical (unpaired) electrons. The van der Waals surface area contributed by atoms with E-state index in [0.29, 0.717) is 46.0 Å². The SMILES string of the molecule is O=S(=O)(c1ccc(Oc2ccc(Br)cc2)cc1)c1ccc(Oc2cccc(Oc3ccc(S(=O)(=O)c4ccc(Oc5ccc(Br)cc5)cc4)cc3)c2)cc1. The summed E-state index contributed by atoms with van der Waals surface area (Å²) in [5, 5.41) is 0. The maximum atomic E-state index is 13.3. The molecule has 270 valence electrons. The van der Waals surface area contributed by atoms with Crippen LogP contribution in [0.3, 0.4) is 0 Å². The second-order valence-electron chi connectivity index (χ2n) is 11.7. The number of hydrogen-bond donors (Lipinski definition) is 0. The quantitative estimate of drug-likeness (QED) is 0.119. The lowest BCUT2D eigenvalue weighted by Crippen LogP contribution is -2.02. The molecule has 0 N–H and O–H groups in total. The van der Waals surface area contributed by atoms with Crippen LogP contribution in [-0.2, 0) is 19.7 Å². The van der Waals surface area contributed by atoms with Gasteiger partial charge in [-0.25, -0.2) is 16.8 Å². The third kappa shape index (κ3) is 8.86. The highest BCUT2D eigenvalue weighted by atomic mass is 79.9. The van der Waals surface area contributed by atoms with Crippen LogP contribution in [0.15, 0.2) is 198 Å².